The molecule has 2 N–H and O–H groups in total. The van der Waals surface area contributed by atoms with Crippen molar-refractivity contribution < 1.29 is 9.59 Å². The van der Waals surface area contributed by atoms with E-state index >= 15 is 0 Å². The van der Waals surface area contributed by atoms with Crippen LogP contribution in [-0.2, 0) is 4.79 Å². The largest absolute Gasteiger partial charge is 0.360 e. The van der Waals surface area contributed by atoms with Crippen LogP contribution in [0, 0.1) is 6.92 Å². The number of nitrogens with one attached hydrogen (secondary N) is 2. The van der Waals surface area contributed by atoms with Crippen molar-refractivity contribution in [2.24, 2.45) is 0 Å². The van der Waals surface area contributed by atoms with Crippen molar-refractivity contribution in [3.05, 3.63) is 71.2 Å². The highest BCUT2D eigenvalue weighted by Crippen LogP contribution is 2.31. The summed E-state index contributed by atoms with van der Waals surface area (Å²) in [6, 6.07) is 19.4. The molecule has 0 aliphatic carbocycles. The van der Waals surface area contributed by atoms with E-state index in [0.29, 0.717) is 23.7 Å². The number of carbonyl (C=O) groups excluding carboxylic acids is 2. The van der Waals surface area contributed by atoms with E-state index in [1.54, 1.807) is 0 Å². The highest BCUT2D eigenvalue weighted by atomic mass is 32.1. The average molecular weight is 432 g/mol. The van der Waals surface area contributed by atoms with Gasteiger partial charge in [0.05, 0.1) is 22.8 Å². The van der Waals surface area contributed by atoms with Gasteiger partial charge in [-0.1, -0.05) is 18.2 Å². The zero-order chi connectivity index (χ0) is 21.4. The number of aryl methyl sites for hydroxylation is 1. The van der Waals surface area contributed by atoms with Gasteiger partial charge >= 0.3 is 0 Å². The molecule has 0 bridgehead atoms. The predicted molar refractivity (Wildman–Crippen MR) is 123 cm³/mol. The molecule has 2 amide bonds. The van der Waals surface area contributed by atoms with Crippen LogP contribution in [0.15, 0.2) is 60.7 Å². The molecule has 0 unspecified atom stereocenters. The summed E-state index contributed by atoms with van der Waals surface area (Å²) in [5.41, 5.74) is 3.54. The summed E-state index contributed by atoms with van der Waals surface area (Å²) in [6.45, 7) is 3.72. The Balaban J connectivity index is 1.35. The zero-order valence-electron chi connectivity index (χ0n) is 17.0. The third-order valence-corrected chi connectivity index (χ3v) is 6.41. The molecule has 3 heterocycles. The van der Waals surface area contributed by atoms with E-state index < -0.39 is 0 Å². The lowest BCUT2D eigenvalue weighted by molar-refractivity contribution is -0.120. The Morgan fingerprint density at radius 2 is 1.87 bits per heavy atom. The number of nitrogens with zero attached hydrogens (tertiary/aromatic N) is 3. The van der Waals surface area contributed by atoms with Crippen molar-refractivity contribution in [3.8, 4) is 5.69 Å². The second-order valence-electron chi connectivity index (χ2n) is 7.43. The Bertz CT molecular complexity index is 1260. The van der Waals surface area contributed by atoms with E-state index in [1.165, 1.54) is 11.3 Å². The van der Waals surface area contributed by atoms with E-state index in [1.807, 2.05) is 77.2 Å². The first-order valence-electron chi connectivity index (χ1n) is 10.1. The summed E-state index contributed by atoms with van der Waals surface area (Å²) < 4.78 is 1.88. The Kier molecular flexibility index (Phi) is 4.91. The molecule has 156 valence electrons. The maximum atomic E-state index is 12.9. The number of piperazine rings is 1. The summed E-state index contributed by atoms with van der Waals surface area (Å²) in [4.78, 5) is 28.1. The zero-order valence-corrected chi connectivity index (χ0v) is 17.8. The summed E-state index contributed by atoms with van der Waals surface area (Å²) in [5.74, 6) is -0.122. The van der Waals surface area contributed by atoms with Gasteiger partial charge in [0.2, 0.25) is 5.91 Å². The lowest BCUT2D eigenvalue weighted by Gasteiger charge is -2.28. The van der Waals surface area contributed by atoms with Gasteiger partial charge in [-0.25, -0.2) is 4.68 Å². The fourth-order valence-electron chi connectivity index (χ4n) is 3.71. The van der Waals surface area contributed by atoms with Gasteiger partial charge < -0.3 is 15.5 Å². The molecular formula is C23H21N5O2S. The number of anilines is 2. The lowest BCUT2D eigenvalue weighted by Crippen LogP contribution is -2.47. The van der Waals surface area contributed by atoms with E-state index in [0.717, 1.165) is 33.8 Å². The molecule has 0 saturated carbocycles. The number of para-hydroxylation sites is 1. The van der Waals surface area contributed by atoms with Crippen molar-refractivity contribution in [2.45, 2.75) is 6.92 Å². The number of rotatable bonds is 4. The monoisotopic (exact) mass is 431 g/mol. The summed E-state index contributed by atoms with van der Waals surface area (Å²) in [5, 5.41) is 11.4. The lowest BCUT2D eigenvalue weighted by atomic mass is 10.2. The van der Waals surface area contributed by atoms with Crippen molar-refractivity contribution >= 4 is 44.7 Å². The highest BCUT2D eigenvalue weighted by Gasteiger charge is 2.18. The minimum atomic E-state index is -0.148. The second kappa shape index (κ2) is 7.88. The SMILES string of the molecule is Cc1nn(-c2ccccc2)c2sc(C(=O)Nc3ccc(N4CCNC(=O)C4)cc3)cc12. The fourth-order valence-corrected chi connectivity index (χ4v) is 4.79. The third-order valence-electron chi connectivity index (χ3n) is 5.30. The van der Waals surface area contributed by atoms with E-state index in [9.17, 15) is 9.59 Å². The quantitative estimate of drug-likeness (QED) is 0.518. The normalized spacial score (nSPS) is 14.0. The number of amides is 2. The number of hydrogen-bond acceptors (Lipinski definition) is 5. The Morgan fingerprint density at radius 3 is 2.61 bits per heavy atom. The van der Waals surface area contributed by atoms with Crippen LogP contribution in [0.4, 0.5) is 11.4 Å². The first-order valence-corrected chi connectivity index (χ1v) is 10.9. The molecule has 0 atom stereocenters. The first-order chi connectivity index (χ1) is 15.1. The first kappa shape index (κ1) is 19.3. The van der Waals surface area contributed by atoms with Gasteiger partial charge in [-0.05, 0) is 49.4 Å². The Labute approximate surface area is 183 Å². The van der Waals surface area contributed by atoms with Crippen LogP contribution in [0.2, 0.25) is 0 Å². The second-order valence-corrected chi connectivity index (χ2v) is 8.47. The standard InChI is InChI=1S/C23H21N5O2S/c1-15-19-13-20(31-23(19)28(26-15)18-5-3-2-4-6-18)22(30)25-16-7-9-17(10-8-16)27-12-11-24-21(29)14-27/h2-10,13H,11-12,14H2,1H3,(H,24,29)(H,25,30). The molecule has 1 fully saturated rings. The van der Waals surface area contributed by atoms with E-state index in [2.05, 4.69) is 15.7 Å². The van der Waals surface area contributed by atoms with E-state index in [-0.39, 0.29) is 11.8 Å². The van der Waals surface area contributed by atoms with Crippen molar-refractivity contribution in [2.75, 3.05) is 29.9 Å². The van der Waals surface area contributed by atoms with Gasteiger partial charge in [0, 0.05) is 29.9 Å². The molecule has 1 aliphatic rings. The van der Waals surface area contributed by atoms with Crippen LogP contribution in [0.25, 0.3) is 15.9 Å². The van der Waals surface area contributed by atoms with Crippen LogP contribution < -0.4 is 15.5 Å². The van der Waals surface area contributed by atoms with Gasteiger partial charge in [-0.2, -0.15) is 5.10 Å². The fraction of sp³-hybridized carbons (Fsp3) is 0.174. The number of aromatic nitrogens is 2. The Morgan fingerprint density at radius 1 is 1.10 bits per heavy atom. The molecule has 1 aliphatic heterocycles. The topological polar surface area (TPSA) is 79.3 Å². The predicted octanol–water partition coefficient (Wildman–Crippen LogP) is 3.58. The van der Waals surface area contributed by atoms with Crippen molar-refractivity contribution in [1.82, 2.24) is 15.1 Å². The minimum absolute atomic E-state index is 0.0257. The van der Waals surface area contributed by atoms with Crippen LogP contribution >= 0.6 is 11.3 Å². The van der Waals surface area contributed by atoms with Crippen LogP contribution in [0.5, 0.6) is 0 Å². The van der Waals surface area contributed by atoms with Gasteiger partial charge in [-0.3, -0.25) is 9.59 Å². The number of benzene rings is 2. The summed E-state index contributed by atoms with van der Waals surface area (Å²) in [7, 11) is 0. The van der Waals surface area contributed by atoms with Crippen molar-refractivity contribution in [1.29, 1.82) is 0 Å². The average Bonchev–Trinajstić information content (AvgIpc) is 3.36. The molecular weight excluding hydrogens is 410 g/mol. The molecule has 8 heteroatoms. The summed E-state index contributed by atoms with van der Waals surface area (Å²) >= 11 is 1.43. The van der Waals surface area contributed by atoms with Gasteiger partial charge in [0.15, 0.2) is 0 Å². The molecule has 5 rings (SSSR count). The smallest absolute Gasteiger partial charge is 0.265 e. The molecule has 1 saturated heterocycles. The maximum Gasteiger partial charge on any atom is 0.265 e. The van der Waals surface area contributed by atoms with Crippen LogP contribution in [-0.4, -0.2) is 41.2 Å². The minimum Gasteiger partial charge on any atom is -0.360 e. The van der Waals surface area contributed by atoms with Gasteiger partial charge in [-0.15, -0.1) is 11.3 Å². The molecule has 2 aromatic carbocycles. The number of fused-ring (bicyclic) bond motifs is 1. The molecule has 4 aromatic rings. The van der Waals surface area contributed by atoms with Crippen molar-refractivity contribution in [3.63, 3.8) is 0 Å². The number of carbonyl (C=O) groups is 2. The molecule has 7 nitrogen and oxygen atoms in total. The van der Waals surface area contributed by atoms with E-state index in [4.69, 9.17) is 0 Å². The third kappa shape index (κ3) is 3.77. The highest BCUT2D eigenvalue weighted by molar-refractivity contribution is 7.20. The number of thiophene rings is 1. The molecule has 2 aromatic heterocycles. The molecule has 31 heavy (non-hydrogen) atoms. The molecule has 0 spiro atoms. The Hall–Kier alpha value is -3.65. The number of hydrogen-bond donors (Lipinski definition) is 2. The summed E-state index contributed by atoms with van der Waals surface area (Å²) in [6.07, 6.45) is 0. The van der Waals surface area contributed by atoms with Gasteiger partial charge in [0.25, 0.3) is 5.91 Å². The maximum absolute atomic E-state index is 12.9. The van der Waals surface area contributed by atoms with Crippen LogP contribution in [0.1, 0.15) is 15.4 Å². The molecule has 0 radical (unpaired) electrons. The van der Waals surface area contributed by atoms with Gasteiger partial charge in [0.1, 0.15) is 4.83 Å². The van der Waals surface area contributed by atoms with Crippen LogP contribution in [0.3, 0.4) is 0 Å².